The van der Waals surface area contributed by atoms with Crippen LogP contribution in [-0.2, 0) is 14.3 Å². The number of nitrogens with one attached hydrogen (secondary N) is 2. The van der Waals surface area contributed by atoms with Crippen molar-refractivity contribution in [2.75, 3.05) is 30.4 Å². The van der Waals surface area contributed by atoms with Gasteiger partial charge < -0.3 is 20.1 Å². The fourth-order valence-electron chi connectivity index (χ4n) is 1.83. The Labute approximate surface area is 120 Å². The van der Waals surface area contributed by atoms with Gasteiger partial charge in [0.1, 0.15) is 0 Å². The van der Waals surface area contributed by atoms with Gasteiger partial charge in [0, 0.05) is 44.5 Å². The number of benzene rings is 1. The fraction of sp³-hybridized carbons (Fsp3) is 0.533. The predicted molar refractivity (Wildman–Crippen MR) is 80.9 cm³/mol. The van der Waals surface area contributed by atoms with Crippen molar-refractivity contribution in [2.45, 2.75) is 33.5 Å². The number of hydrogen-bond acceptors (Lipinski definition) is 4. The van der Waals surface area contributed by atoms with Gasteiger partial charge in [0.05, 0.1) is 0 Å². The molecule has 0 aliphatic carbocycles. The lowest BCUT2D eigenvalue weighted by Crippen LogP contribution is -2.21. The summed E-state index contributed by atoms with van der Waals surface area (Å²) < 4.78 is 11.0. The minimum Gasteiger partial charge on any atom is -0.385 e. The van der Waals surface area contributed by atoms with E-state index in [9.17, 15) is 4.79 Å². The molecule has 0 heterocycles. The lowest BCUT2D eigenvalue weighted by atomic mass is 10.2. The third-order valence-corrected chi connectivity index (χ3v) is 2.60. The minimum atomic E-state index is -0.170. The quantitative estimate of drug-likeness (QED) is 0.683. The monoisotopic (exact) mass is 280 g/mol. The lowest BCUT2D eigenvalue weighted by Gasteiger charge is -2.17. The van der Waals surface area contributed by atoms with Crippen molar-refractivity contribution in [3.8, 4) is 0 Å². The second-order valence-corrected chi connectivity index (χ2v) is 4.32. The lowest BCUT2D eigenvalue weighted by molar-refractivity contribution is -0.137. The molecule has 1 aromatic carbocycles. The molecular formula is C15H24N2O3. The van der Waals surface area contributed by atoms with Crippen molar-refractivity contribution in [3.05, 3.63) is 24.3 Å². The van der Waals surface area contributed by atoms with E-state index in [1.165, 1.54) is 6.92 Å². The third kappa shape index (κ3) is 6.54. The number of rotatable bonds is 9. The van der Waals surface area contributed by atoms with Gasteiger partial charge in [0.15, 0.2) is 6.29 Å². The van der Waals surface area contributed by atoms with Gasteiger partial charge in [-0.15, -0.1) is 0 Å². The summed E-state index contributed by atoms with van der Waals surface area (Å²) >= 11 is 0. The molecule has 0 saturated carbocycles. The molecular weight excluding hydrogens is 256 g/mol. The van der Waals surface area contributed by atoms with Gasteiger partial charge in [0.2, 0.25) is 5.91 Å². The molecule has 5 nitrogen and oxygen atoms in total. The van der Waals surface area contributed by atoms with Crippen molar-refractivity contribution >= 4 is 17.3 Å². The maximum absolute atomic E-state index is 11.0. The summed E-state index contributed by atoms with van der Waals surface area (Å²) in [6.07, 6.45) is 0.600. The fourth-order valence-corrected chi connectivity index (χ4v) is 1.83. The Balaban J connectivity index is 2.42. The summed E-state index contributed by atoms with van der Waals surface area (Å²) in [5.74, 6) is -0.0742. The largest absolute Gasteiger partial charge is 0.385 e. The number of anilines is 2. The van der Waals surface area contributed by atoms with Crippen LogP contribution in [0, 0.1) is 0 Å². The molecule has 2 N–H and O–H groups in total. The number of ether oxygens (including phenoxy) is 2. The van der Waals surface area contributed by atoms with Gasteiger partial charge in [-0.25, -0.2) is 0 Å². The van der Waals surface area contributed by atoms with Gasteiger partial charge in [-0.05, 0) is 32.0 Å². The van der Waals surface area contributed by atoms with Crippen LogP contribution < -0.4 is 10.6 Å². The molecule has 20 heavy (non-hydrogen) atoms. The van der Waals surface area contributed by atoms with Crippen LogP contribution in [0.3, 0.4) is 0 Å². The molecule has 0 saturated heterocycles. The molecule has 0 fully saturated rings. The summed E-state index contributed by atoms with van der Waals surface area (Å²) in [4.78, 5) is 11.0. The molecule has 112 valence electrons. The standard InChI is InChI=1S/C15H24N2O3/c1-4-19-15(20-5-2)9-10-16-13-7-6-8-14(11-13)17-12(3)18/h6-8,11,15-16H,4-5,9-10H2,1-3H3,(H,17,18). The molecule has 1 aromatic rings. The Morgan fingerprint density at radius 2 is 1.85 bits per heavy atom. The van der Waals surface area contributed by atoms with Crippen LogP contribution in [0.15, 0.2) is 24.3 Å². The van der Waals surface area contributed by atoms with E-state index in [-0.39, 0.29) is 12.2 Å². The molecule has 0 aromatic heterocycles. The van der Waals surface area contributed by atoms with Crippen LogP contribution in [0.25, 0.3) is 0 Å². The molecule has 0 radical (unpaired) electrons. The Morgan fingerprint density at radius 1 is 1.20 bits per heavy atom. The highest BCUT2D eigenvalue weighted by atomic mass is 16.7. The predicted octanol–water partition coefficient (Wildman–Crippen LogP) is 2.85. The first kappa shape index (κ1) is 16.5. The zero-order valence-electron chi connectivity index (χ0n) is 12.4. The first-order valence-electron chi connectivity index (χ1n) is 7.00. The first-order chi connectivity index (χ1) is 9.65. The molecule has 0 unspecified atom stereocenters. The van der Waals surface area contributed by atoms with Crippen molar-refractivity contribution in [1.29, 1.82) is 0 Å². The van der Waals surface area contributed by atoms with Crippen molar-refractivity contribution < 1.29 is 14.3 Å². The molecule has 0 aliphatic heterocycles. The highest BCUT2D eigenvalue weighted by molar-refractivity contribution is 5.89. The number of carbonyl (C=O) groups excluding carboxylic acids is 1. The molecule has 1 amide bonds. The molecule has 0 bridgehead atoms. The zero-order chi connectivity index (χ0) is 14.8. The van der Waals surface area contributed by atoms with Crippen LogP contribution in [0.1, 0.15) is 27.2 Å². The highest BCUT2D eigenvalue weighted by Gasteiger charge is 2.07. The van der Waals surface area contributed by atoms with E-state index in [2.05, 4.69) is 10.6 Å². The molecule has 0 spiro atoms. The number of amides is 1. The zero-order valence-corrected chi connectivity index (χ0v) is 12.4. The second kappa shape index (κ2) is 9.34. The SMILES string of the molecule is CCOC(CCNc1cccc(NC(C)=O)c1)OCC. The Hall–Kier alpha value is -1.59. The van der Waals surface area contributed by atoms with Gasteiger partial charge in [-0.3, -0.25) is 4.79 Å². The summed E-state index contributed by atoms with van der Waals surface area (Å²) in [6.45, 7) is 7.43. The van der Waals surface area contributed by atoms with Crippen LogP contribution in [-0.4, -0.2) is 32.0 Å². The van der Waals surface area contributed by atoms with Gasteiger partial charge in [-0.1, -0.05) is 6.07 Å². The van der Waals surface area contributed by atoms with E-state index in [1.54, 1.807) is 0 Å². The second-order valence-electron chi connectivity index (χ2n) is 4.32. The van der Waals surface area contributed by atoms with Crippen LogP contribution in [0.5, 0.6) is 0 Å². The molecule has 5 heteroatoms. The average Bonchev–Trinajstić information content (AvgIpc) is 2.39. The van der Waals surface area contributed by atoms with Gasteiger partial charge in [-0.2, -0.15) is 0 Å². The summed E-state index contributed by atoms with van der Waals surface area (Å²) in [7, 11) is 0. The van der Waals surface area contributed by atoms with Crippen molar-refractivity contribution in [2.24, 2.45) is 0 Å². The minimum absolute atomic E-state index is 0.0742. The van der Waals surface area contributed by atoms with Crippen molar-refractivity contribution in [1.82, 2.24) is 0 Å². The molecule has 0 atom stereocenters. The van der Waals surface area contributed by atoms with E-state index < -0.39 is 0 Å². The Bertz CT molecular complexity index is 404. The number of hydrogen-bond donors (Lipinski definition) is 2. The maximum Gasteiger partial charge on any atom is 0.221 e. The van der Waals surface area contributed by atoms with Gasteiger partial charge in [0.25, 0.3) is 0 Å². The smallest absolute Gasteiger partial charge is 0.221 e. The summed E-state index contributed by atoms with van der Waals surface area (Å²) in [6, 6.07) is 7.62. The van der Waals surface area contributed by atoms with Crippen LogP contribution >= 0.6 is 0 Å². The maximum atomic E-state index is 11.0. The molecule has 0 aliphatic rings. The van der Waals surface area contributed by atoms with E-state index in [1.807, 2.05) is 38.1 Å². The van der Waals surface area contributed by atoms with Crippen LogP contribution in [0.4, 0.5) is 11.4 Å². The number of carbonyl (C=O) groups is 1. The van der Waals surface area contributed by atoms with Crippen molar-refractivity contribution in [3.63, 3.8) is 0 Å². The topological polar surface area (TPSA) is 59.6 Å². The Kier molecular flexibility index (Phi) is 7.69. The average molecular weight is 280 g/mol. The summed E-state index contributed by atoms with van der Waals surface area (Å²) in [5, 5.41) is 6.05. The van der Waals surface area contributed by atoms with E-state index in [4.69, 9.17) is 9.47 Å². The van der Waals surface area contributed by atoms with E-state index >= 15 is 0 Å². The molecule has 1 rings (SSSR count). The first-order valence-corrected chi connectivity index (χ1v) is 7.00. The van der Waals surface area contributed by atoms with E-state index in [0.29, 0.717) is 13.2 Å². The van der Waals surface area contributed by atoms with Gasteiger partial charge >= 0.3 is 0 Å². The summed E-state index contributed by atoms with van der Waals surface area (Å²) in [5.41, 5.74) is 1.75. The Morgan fingerprint density at radius 3 is 2.45 bits per heavy atom. The van der Waals surface area contributed by atoms with E-state index in [0.717, 1.165) is 24.3 Å². The normalized spacial score (nSPS) is 10.6. The van der Waals surface area contributed by atoms with Crippen LogP contribution in [0.2, 0.25) is 0 Å². The highest BCUT2D eigenvalue weighted by Crippen LogP contribution is 2.15. The third-order valence-electron chi connectivity index (χ3n) is 2.60.